The van der Waals surface area contributed by atoms with Crippen LogP contribution >= 0.6 is 11.3 Å². The zero-order chi connectivity index (χ0) is 9.10. The molecule has 0 saturated heterocycles. The Hall–Kier alpha value is -0.340. The summed E-state index contributed by atoms with van der Waals surface area (Å²) in [5.74, 6) is 0.991. The Bertz CT molecular complexity index is 263. The first-order chi connectivity index (χ1) is 6.40. The molecule has 1 aromatic rings. The van der Waals surface area contributed by atoms with Crippen LogP contribution in [-0.2, 0) is 13.0 Å². The normalized spacial score (nSPS) is 16.4. The molecule has 1 nitrogen and oxygen atoms in total. The van der Waals surface area contributed by atoms with E-state index in [4.69, 9.17) is 0 Å². The summed E-state index contributed by atoms with van der Waals surface area (Å²) in [6.07, 6.45) is 4.06. The minimum absolute atomic E-state index is 0.991. The lowest BCUT2D eigenvalue weighted by molar-refractivity contribution is 0.641. The van der Waals surface area contributed by atoms with Crippen molar-refractivity contribution >= 4 is 11.3 Å². The van der Waals surface area contributed by atoms with E-state index in [0.29, 0.717) is 0 Å². The molecule has 1 aliphatic rings. The van der Waals surface area contributed by atoms with Crippen LogP contribution in [0.4, 0.5) is 0 Å². The maximum atomic E-state index is 3.53. The van der Waals surface area contributed by atoms with Gasteiger partial charge in [-0.3, -0.25) is 0 Å². The van der Waals surface area contributed by atoms with E-state index in [0.717, 1.165) is 12.5 Å². The van der Waals surface area contributed by atoms with Crippen molar-refractivity contribution in [3.8, 4) is 0 Å². The van der Waals surface area contributed by atoms with Gasteiger partial charge in [0.1, 0.15) is 0 Å². The largest absolute Gasteiger partial charge is 0.312 e. The fourth-order valence-corrected chi connectivity index (χ4v) is 2.49. The maximum absolute atomic E-state index is 3.53. The molecule has 1 saturated carbocycles. The molecule has 0 bridgehead atoms. The van der Waals surface area contributed by atoms with Crippen molar-refractivity contribution in [2.24, 2.45) is 5.92 Å². The molecule has 0 spiro atoms. The highest BCUT2D eigenvalue weighted by Gasteiger charge is 2.20. The van der Waals surface area contributed by atoms with Crippen molar-refractivity contribution in [2.75, 3.05) is 6.54 Å². The predicted molar refractivity (Wildman–Crippen MR) is 58.1 cm³/mol. The molecule has 0 aliphatic heterocycles. The Labute approximate surface area is 84.2 Å². The number of aryl methyl sites for hydroxylation is 1. The van der Waals surface area contributed by atoms with Crippen molar-refractivity contribution in [1.29, 1.82) is 0 Å². The summed E-state index contributed by atoms with van der Waals surface area (Å²) in [5, 5.41) is 5.74. The van der Waals surface area contributed by atoms with Gasteiger partial charge in [-0.2, -0.15) is 0 Å². The molecule has 0 radical (unpaired) electrons. The molecule has 1 aromatic heterocycles. The molecular formula is C11H17NS. The lowest BCUT2D eigenvalue weighted by Gasteiger charge is -2.03. The summed E-state index contributed by atoms with van der Waals surface area (Å²) in [7, 11) is 0. The first-order valence-corrected chi connectivity index (χ1v) is 6.04. The van der Waals surface area contributed by atoms with Gasteiger partial charge in [-0.1, -0.05) is 6.92 Å². The Morgan fingerprint density at radius 3 is 3.08 bits per heavy atom. The van der Waals surface area contributed by atoms with Crippen LogP contribution in [-0.4, -0.2) is 6.54 Å². The van der Waals surface area contributed by atoms with Gasteiger partial charge in [0.2, 0.25) is 0 Å². The second-order valence-corrected chi connectivity index (χ2v) is 4.80. The maximum Gasteiger partial charge on any atom is 0.0302 e. The third kappa shape index (κ3) is 2.55. The Balaban J connectivity index is 1.78. The second kappa shape index (κ2) is 4.25. The lowest BCUT2D eigenvalue weighted by atomic mass is 10.2. The number of nitrogens with one attached hydrogen (secondary N) is 1. The van der Waals surface area contributed by atoms with Gasteiger partial charge in [0.15, 0.2) is 0 Å². The van der Waals surface area contributed by atoms with Crippen molar-refractivity contribution < 1.29 is 0 Å². The summed E-state index contributed by atoms with van der Waals surface area (Å²) >= 11 is 1.88. The van der Waals surface area contributed by atoms with Crippen LogP contribution in [0.2, 0.25) is 0 Å². The van der Waals surface area contributed by atoms with Crippen LogP contribution in [0, 0.1) is 5.92 Å². The topological polar surface area (TPSA) is 12.0 Å². The highest BCUT2D eigenvalue weighted by Crippen LogP contribution is 2.27. The van der Waals surface area contributed by atoms with E-state index in [1.807, 2.05) is 11.3 Å². The van der Waals surface area contributed by atoms with Gasteiger partial charge in [-0.15, -0.1) is 11.3 Å². The quantitative estimate of drug-likeness (QED) is 0.762. The van der Waals surface area contributed by atoms with Crippen molar-refractivity contribution in [1.82, 2.24) is 5.32 Å². The van der Waals surface area contributed by atoms with E-state index in [1.54, 1.807) is 0 Å². The smallest absolute Gasteiger partial charge is 0.0302 e. The molecule has 0 amide bonds. The first kappa shape index (κ1) is 9.22. The SMILES string of the molecule is CCc1ccsc1CNCC1CC1. The fraction of sp³-hybridized carbons (Fsp3) is 0.636. The van der Waals surface area contributed by atoms with Crippen LogP contribution < -0.4 is 5.32 Å². The molecule has 0 atom stereocenters. The van der Waals surface area contributed by atoms with E-state index in [-0.39, 0.29) is 0 Å². The Morgan fingerprint density at radius 2 is 2.38 bits per heavy atom. The zero-order valence-electron chi connectivity index (χ0n) is 8.18. The number of hydrogen-bond acceptors (Lipinski definition) is 2. The summed E-state index contributed by atoms with van der Waals surface area (Å²) in [5.41, 5.74) is 1.52. The average Bonchev–Trinajstić information content (AvgIpc) is 2.84. The van der Waals surface area contributed by atoms with E-state index >= 15 is 0 Å². The fourth-order valence-electron chi connectivity index (χ4n) is 1.55. The molecule has 72 valence electrons. The molecule has 1 fully saturated rings. The van der Waals surface area contributed by atoms with Gasteiger partial charge in [0.25, 0.3) is 0 Å². The first-order valence-electron chi connectivity index (χ1n) is 5.16. The Morgan fingerprint density at radius 1 is 1.54 bits per heavy atom. The van der Waals surface area contributed by atoms with E-state index in [2.05, 4.69) is 23.7 Å². The molecule has 1 aliphatic carbocycles. The van der Waals surface area contributed by atoms with Crippen LogP contribution in [0.15, 0.2) is 11.4 Å². The monoisotopic (exact) mass is 195 g/mol. The molecule has 2 rings (SSSR count). The van der Waals surface area contributed by atoms with Crippen LogP contribution in [0.1, 0.15) is 30.2 Å². The average molecular weight is 195 g/mol. The molecule has 13 heavy (non-hydrogen) atoms. The molecule has 1 N–H and O–H groups in total. The summed E-state index contributed by atoms with van der Waals surface area (Å²) < 4.78 is 0. The van der Waals surface area contributed by atoms with Gasteiger partial charge < -0.3 is 5.32 Å². The third-order valence-electron chi connectivity index (χ3n) is 2.63. The van der Waals surface area contributed by atoms with Gasteiger partial charge in [0.05, 0.1) is 0 Å². The number of hydrogen-bond donors (Lipinski definition) is 1. The molecule has 2 heteroatoms. The number of thiophene rings is 1. The van der Waals surface area contributed by atoms with Gasteiger partial charge in [0, 0.05) is 11.4 Å². The second-order valence-electron chi connectivity index (χ2n) is 3.80. The van der Waals surface area contributed by atoms with Gasteiger partial charge >= 0.3 is 0 Å². The van der Waals surface area contributed by atoms with Crippen molar-refractivity contribution in [2.45, 2.75) is 32.7 Å². The summed E-state index contributed by atoms with van der Waals surface area (Å²) in [6, 6.07) is 2.25. The minimum Gasteiger partial charge on any atom is -0.312 e. The minimum atomic E-state index is 0.991. The van der Waals surface area contributed by atoms with Crippen LogP contribution in [0.3, 0.4) is 0 Å². The lowest BCUT2D eigenvalue weighted by Crippen LogP contribution is -2.15. The van der Waals surface area contributed by atoms with Gasteiger partial charge in [-0.05, 0) is 48.7 Å². The highest BCUT2D eigenvalue weighted by molar-refractivity contribution is 7.10. The van der Waals surface area contributed by atoms with E-state index in [9.17, 15) is 0 Å². The highest BCUT2D eigenvalue weighted by atomic mass is 32.1. The Kier molecular flexibility index (Phi) is 3.01. The molecular weight excluding hydrogens is 178 g/mol. The van der Waals surface area contributed by atoms with Crippen molar-refractivity contribution in [3.63, 3.8) is 0 Å². The predicted octanol–water partition coefficient (Wildman–Crippen LogP) is 2.81. The summed E-state index contributed by atoms with van der Waals surface area (Å²) in [6.45, 7) is 4.53. The van der Waals surface area contributed by atoms with Crippen LogP contribution in [0.25, 0.3) is 0 Å². The molecule has 0 aromatic carbocycles. The van der Waals surface area contributed by atoms with E-state index < -0.39 is 0 Å². The molecule has 1 heterocycles. The number of rotatable bonds is 5. The zero-order valence-corrected chi connectivity index (χ0v) is 8.99. The van der Waals surface area contributed by atoms with E-state index in [1.165, 1.54) is 36.2 Å². The summed E-state index contributed by atoms with van der Waals surface area (Å²) in [4.78, 5) is 1.53. The standard InChI is InChI=1S/C11H17NS/c1-2-10-5-6-13-11(10)8-12-7-9-3-4-9/h5-6,9,12H,2-4,7-8H2,1H3. The third-order valence-corrected chi connectivity index (χ3v) is 3.60. The molecule has 0 unspecified atom stereocenters. The van der Waals surface area contributed by atoms with Gasteiger partial charge in [-0.25, -0.2) is 0 Å². The van der Waals surface area contributed by atoms with Crippen molar-refractivity contribution in [3.05, 3.63) is 21.9 Å². The van der Waals surface area contributed by atoms with Crippen LogP contribution in [0.5, 0.6) is 0 Å².